The maximum absolute atomic E-state index is 13.5. The van der Waals surface area contributed by atoms with Crippen LogP contribution < -0.4 is 0 Å². The lowest BCUT2D eigenvalue weighted by Crippen LogP contribution is -2.38. The standard InChI is InChI=1S/C19H23ClFN3O2S/c1-23-19(13-6-7-13)10-14(22-23)12-24(15-4-2-3-5-15)27(25,26)16-8-9-18(21)17(20)11-16/h8-11,13,15H,2-7,12H2,1H3. The molecule has 27 heavy (non-hydrogen) atoms. The molecular formula is C19H23ClFN3O2S. The molecule has 0 N–H and O–H groups in total. The number of hydrogen-bond acceptors (Lipinski definition) is 3. The summed E-state index contributed by atoms with van der Waals surface area (Å²) < 4.78 is 43.6. The fourth-order valence-corrected chi connectivity index (χ4v) is 5.85. The number of benzene rings is 1. The highest BCUT2D eigenvalue weighted by atomic mass is 35.5. The first-order chi connectivity index (χ1) is 12.9. The number of rotatable bonds is 6. The predicted molar refractivity (Wildman–Crippen MR) is 102 cm³/mol. The van der Waals surface area contributed by atoms with Crippen LogP contribution in [0.2, 0.25) is 5.02 Å². The van der Waals surface area contributed by atoms with Gasteiger partial charge in [0.15, 0.2) is 0 Å². The van der Waals surface area contributed by atoms with Crippen LogP contribution in [0.5, 0.6) is 0 Å². The van der Waals surface area contributed by atoms with Crippen LogP contribution in [-0.2, 0) is 23.6 Å². The third-order valence-corrected chi connectivity index (χ3v) is 7.69. The molecule has 0 radical (unpaired) electrons. The zero-order valence-electron chi connectivity index (χ0n) is 15.2. The molecule has 4 rings (SSSR count). The number of halogens is 2. The van der Waals surface area contributed by atoms with Gasteiger partial charge in [0.2, 0.25) is 10.0 Å². The van der Waals surface area contributed by atoms with E-state index in [1.807, 2.05) is 17.8 Å². The fraction of sp³-hybridized carbons (Fsp3) is 0.526. The van der Waals surface area contributed by atoms with E-state index >= 15 is 0 Å². The second-order valence-corrected chi connectivity index (χ2v) is 9.82. The Bertz CT molecular complexity index is 950. The molecule has 1 aromatic heterocycles. The molecule has 0 unspecified atom stereocenters. The van der Waals surface area contributed by atoms with Crippen LogP contribution in [0, 0.1) is 5.82 Å². The van der Waals surface area contributed by atoms with Gasteiger partial charge in [-0.05, 0) is 49.9 Å². The summed E-state index contributed by atoms with van der Waals surface area (Å²) in [6, 6.07) is 5.54. The Morgan fingerprint density at radius 1 is 1.22 bits per heavy atom. The molecule has 0 saturated heterocycles. The van der Waals surface area contributed by atoms with Crippen LogP contribution >= 0.6 is 11.6 Å². The van der Waals surface area contributed by atoms with Gasteiger partial charge in [-0.3, -0.25) is 4.68 Å². The van der Waals surface area contributed by atoms with Gasteiger partial charge in [-0.25, -0.2) is 12.8 Å². The van der Waals surface area contributed by atoms with Gasteiger partial charge in [0, 0.05) is 24.7 Å². The van der Waals surface area contributed by atoms with Gasteiger partial charge in [0.05, 0.1) is 22.2 Å². The molecule has 2 aromatic rings. The van der Waals surface area contributed by atoms with E-state index in [1.54, 1.807) is 0 Å². The van der Waals surface area contributed by atoms with Gasteiger partial charge in [-0.2, -0.15) is 9.40 Å². The van der Waals surface area contributed by atoms with Gasteiger partial charge in [-0.15, -0.1) is 0 Å². The molecule has 2 aliphatic carbocycles. The summed E-state index contributed by atoms with van der Waals surface area (Å²) in [6.07, 6.45) is 6.01. The van der Waals surface area contributed by atoms with Crippen LogP contribution in [0.1, 0.15) is 55.8 Å². The average molecular weight is 412 g/mol. The summed E-state index contributed by atoms with van der Waals surface area (Å²) >= 11 is 5.84. The van der Waals surface area contributed by atoms with Crippen molar-refractivity contribution >= 4 is 21.6 Å². The van der Waals surface area contributed by atoms with Crippen molar-refractivity contribution in [1.82, 2.24) is 14.1 Å². The highest BCUT2D eigenvalue weighted by Crippen LogP contribution is 2.40. The Labute approximate surface area is 164 Å². The van der Waals surface area contributed by atoms with Crippen LogP contribution in [0.3, 0.4) is 0 Å². The molecule has 1 heterocycles. The minimum atomic E-state index is -3.80. The van der Waals surface area contributed by atoms with E-state index in [0.717, 1.165) is 50.3 Å². The van der Waals surface area contributed by atoms with E-state index in [9.17, 15) is 12.8 Å². The van der Waals surface area contributed by atoms with E-state index < -0.39 is 15.8 Å². The van der Waals surface area contributed by atoms with Crippen molar-refractivity contribution in [3.05, 3.63) is 46.5 Å². The second-order valence-electron chi connectivity index (χ2n) is 7.52. The summed E-state index contributed by atoms with van der Waals surface area (Å²) in [5, 5.41) is 4.36. The quantitative estimate of drug-likeness (QED) is 0.714. The summed E-state index contributed by atoms with van der Waals surface area (Å²) in [5.74, 6) is -0.0782. The van der Waals surface area contributed by atoms with Gasteiger partial charge in [-0.1, -0.05) is 24.4 Å². The summed E-state index contributed by atoms with van der Waals surface area (Å²) in [6.45, 7) is 0.225. The summed E-state index contributed by atoms with van der Waals surface area (Å²) in [4.78, 5) is 0.0270. The van der Waals surface area contributed by atoms with E-state index in [1.165, 1.54) is 22.1 Å². The topological polar surface area (TPSA) is 55.2 Å². The summed E-state index contributed by atoms with van der Waals surface area (Å²) in [5.41, 5.74) is 1.92. The van der Waals surface area contributed by atoms with Gasteiger partial charge in [0.25, 0.3) is 0 Å². The van der Waals surface area contributed by atoms with E-state index in [2.05, 4.69) is 5.10 Å². The molecule has 8 heteroatoms. The molecule has 146 valence electrons. The molecule has 5 nitrogen and oxygen atoms in total. The van der Waals surface area contributed by atoms with Crippen LogP contribution in [0.15, 0.2) is 29.2 Å². The molecule has 2 aliphatic rings. The number of aromatic nitrogens is 2. The molecular weight excluding hydrogens is 389 g/mol. The molecule has 1 aromatic carbocycles. The van der Waals surface area contributed by atoms with Crippen molar-refractivity contribution in [2.45, 2.75) is 61.9 Å². The molecule has 0 spiro atoms. The number of hydrogen-bond donors (Lipinski definition) is 0. The maximum atomic E-state index is 13.5. The zero-order chi connectivity index (χ0) is 19.2. The van der Waals surface area contributed by atoms with Crippen molar-refractivity contribution < 1.29 is 12.8 Å². The lowest BCUT2D eigenvalue weighted by atomic mass is 10.2. The minimum Gasteiger partial charge on any atom is -0.272 e. The molecule has 2 fully saturated rings. The van der Waals surface area contributed by atoms with Crippen molar-refractivity contribution in [1.29, 1.82) is 0 Å². The van der Waals surface area contributed by atoms with Crippen molar-refractivity contribution in [3.8, 4) is 0 Å². The Kier molecular flexibility index (Phi) is 5.03. The van der Waals surface area contributed by atoms with Gasteiger partial charge in [0.1, 0.15) is 5.82 Å². The lowest BCUT2D eigenvalue weighted by Gasteiger charge is -2.27. The highest BCUT2D eigenvalue weighted by Gasteiger charge is 2.35. The first-order valence-electron chi connectivity index (χ1n) is 9.36. The first kappa shape index (κ1) is 18.9. The number of sulfonamides is 1. The van der Waals surface area contributed by atoms with Crippen molar-refractivity contribution in [2.24, 2.45) is 7.05 Å². The number of nitrogens with zero attached hydrogens (tertiary/aromatic N) is 3. The monoisotopic (exact) mass is 411 g/mol. The second kappa shape index (κ2) is 7.18. The van der Waals surface area contributed by atoms with Crippen LogP contribution in [0.4, 0.5) is 4.39 Å². The molecule has 2 saturated carbocycles. The first-order valence-corrected chi connectivity index (χ1v) is 11.2. The zero-order valence-corrected chi connectivity index (χ0v) is 16.8. The van der Waals surface area contributed by atoms with Crippen molar-refractivity contribution in [2.75, 3.05) is 0 Å². The molecule has 0 aliphatic heterocycles. The SMILES string of the molecule is Cn1nc(CN(C2CCCC2)S(=O)(=O)c2ccc(F)c(Cl)c2)cc1C1CC1. The highest BCUT2D eigenvalue weighted by molar-refractivity contribution is 7.89. The summed E-state index contributed by atoms with van der Waals surface area (Å²) in [7, 11) is -1.89. The van der Waals surface area contributed by atoms with Crippen LogP contribution in [0.25, 0.3) is 0 Å². The Hall–Kier alpha value is -1.44. The van der Waals surface area contributed by atoms with E-state index in [-0.39, 0.29) is 22.5 Å². The normalized spacial score (nSPS) is 18.5. The number of aryl methyl sites for hydroxylation is 1. The predicted octanol–water partition coefficient (Wildman–Crippen LogP) is 4.22. The fourth-order valence-electron chi connectivity index (χ4n) is 3.92. The third-order valence-electron chi connectivity index (χ3n) is 5.51. The van der Waals surface area contributed by atoms with Crippen LogP contribution in [-0.4, -0.2) is 28.5 Å². The Morgan fingerprint density at radius 2 is 1.93 bits per heavy atom. The van der Waals surface area contributed by atoms with Crippen molar-refractivity contribution in [3.63, 3.8) is 0 Å². The lowest BCUT2D eigenvalue weighted by molar-refractivity contribution is 0.312. The minimum absolute atomic E-state index is 0.0270. The Balaban J connectivity index is 1.67. The molecule has 0 atom stereocenters. The molecule has 0 amide bonds. The van der Waals surface area contributed by atoms with Gasteiger partial charge < -0.3 is 0 Å². The maximum Gasteiger partial charge on any atom is 0.243 e. The smallest absolute Gasteiger partial charge is 0.243 e. The largest absolute Gasteiger partial charge is 0.272 e. The third kappa shape index (κ3) is 3.77. The van der Waals surface area contributed by atoms with E-state index in [4.69, 9.17) is 11.6 Å². The van der Waals surface area contributed by atoms with Gasteiger partial charge >= 0.3 is 0 Å². The van der Waals surface area contributed by atoms with E-state index in [0.29, 0.717) is 5.92 Å². The molecule has 0 bridgehead atoms. The Morgan fingerprint density at radius 3 is 2.56 bits per heavy atom. The average Bonchev–Trinajstić information content (AvgIpc) is 3.18.